The van der Waals surface area contributed by atoms with Gasteiger partial charge in [-0.25, -0.2) is 18.1 Å². The zero-order valence-electron chi connectivity index (χ0n) is 25.0. The van der Waals surface area contributed by atoms with Gasteiger partial charge in [0.2, 0.25) is 11.8 Å². The maximum atomic E-state index is 13.4. The van der Waals surface area contributed by atoms with Crippen LogP contribution in [0.15, 0.2) is 83.8 Å². The second-order valence-corrected chi connectivity index (χ2v) is 13.5. The first-order valence-corrected chi connectivity index (χ1v) is 16.4. The molecule has 6 rings (SSSR count). The molecule has 3 aromatic carbocycles. The van der Waals surface area contributed by atoms with Crippen molar-refractivity contribution < 1.29 is 17.9 Å². The second kappa shape index (κ2) is 12.4. The van der Waals surface area contributed by atoms with Gasteiger partial charge in [-0.2, -0.15) is 4.98 Å². The number of nitrogens with zero attached hydrogens (tertiary/aromatic N) is 3. The molecule has 0 aliphatic carbocycles. The van der Waals surface area contributed by atoms with Gasteiger partial charge in [0.15, 0.2) is 0 Å². The average Bonchev–Trinajstić information content (AvgIpc) is 3.02. The lowest BCUT2D eigenvalue weighted by molar-refractivity contribution is 0.0502. The second-order valence-electron chi connectivity index (χ2n) is 11.9. The highest BCUT2D eigenvalue weighted by Gasteiger charge is 2.36. The predicted octanol–water partition coefficient (Wildman–Crippen LogP) is 5.01. The summed E-state index contributed by atoms with van der Waals surface area (Å²) in [5.74, 6) is -0.132. The van der Waals surface area contributed by atoms with E-state index >= 15 is 0 Å². The molecule has 1 fully saturated rings. The lowest BCUT2D eigenvalue weighted by Crippen LogP contribution is -2.49. The quantitative estimate of drug-likeness (QED) is 0.334. The lowest BCUT2D eigenvalue weighted by atomic mass is 9.78. The van der Waals surface area contributed by atoms with Crippen LogP contribution in [0.1, 0.15) is 39.9 Å². The van der Waals surface area contributed by atoms with Crippen LogP contribution >= 0.6 is 0 Å². The van der Waals surface area contributed by atoms with Gasteiger partial charge < -0.3 is 15.0 Å². The number of carbonyl (C=O) groups excluding carboxylic acids is 1. The molecule has 0 atom stereocenters. The standard InChI is InChI=1S/C34H37N5O4S/c1-24-8-6-9-25(2)31(24)29-21-30-37-33(36-29)38-44(41,42)28-13-7-12-27(20-28)32(40)35-22-34(23-43-30)15-18-39(19-16-34)17-14-26-10-4-3-5-11-26/h3-13,20-21H,14-19,22-23H2,1-2H3,(H,35,40)(H,36,37,38). The Balaban J connectivity index is 1.32. The summed E-state index contributed by atoms with van der Waals surface area (Å²) in [4.78, 5) is 24.7. The molecule has 1 saturated heterocycles. The number of rotatable bonds is 4. The maximum Gasteiger partial charge on any atom is 0.264 e. The van der Waals surface area contributed by atoms with Gasteiger partial charge in [-0.05, 0) is 81.1 Å². The van der Waals surface area contributed by atoms with Crippen molar-refractivity contribution in [1.29, 1.82) is 0 Å². The number of piperidine rings is 1. The summed E-state index contributed by atoms with van der Waals surface area (Å²) >= 11 is 0. The molecule has 0 saturated carbocycles. The Hall–Kier alpha value is -4.28. The fourth-order valence-corrected chi connectivity index (χ4v) is 7.02. The van der Waals surface area contributed by atoms with Crippen LogP contribution in [0.2, 0.25) is 0 Å². The summed E-state index contributed by atoms with van der Waals surface area (Å²) in [6, 6.07) is 24.2. The van der Waals surface area contributed by atoms with Crippen molar-refractivity contribution in [3.05, 3.63) is 101 Å². The Labute approximate surface area is 258 Å². The van der Waals surface area contributed by atoms with Crippen LogP contribution < -0.4 is 14.8 Å². The first-order chi connectivity index (χ1) is 21.2. The molecule has 9 nitrogen and oxygen atoms in total. The topological polar surface area (TPSA) is 114 Å². The fraction of sp³-hybridized carbons (Fsp3) is 0.324. The zero-order valence-corrected chi connectivity index (χ0v) is 25.9. The minimum atomic E-state index is -4.09. The third-order valence-electron chi connectivity index (χ3n) is 8.70. The monoisotopic (exact) mass is 611 g/mol. The molecule has 228 valence electrons. The summed E-state index contributed by atoms with van der Waals surface area (Å²) in [5, 5.41) is 3.08. The number of likely N-dealkylation sites (tertiary alicyclic amines) is 1. The largest absolute Gasteiger partial charge is 0.477 e. The summed E-state index contributed by atoms with van der Waals surface area (Å²) in [6.45, 7) is 7.43. The molecule has 10 heteroatoms. The van der Waals surface area contributed by atoms with E-state index in [-0.39, 0.29) is 33.6 Å². The zero-order chi connectivity index (χ0) is 30.7. The first kappa shape index (κ1) is 29.8. The van der Waals surface area contributed by atoms with Gasteiger partial charge in [-0.3, -0.25) is 4.79 Å². The molecule has 4 bridgehead atoms. The van der Waals surface area contributed by atoms with E-state index in [1.165, 1.54) is 17.7 Å². The maximum absolute atomic E-state index is 13.4. The summed E-state index contributed by atoms with van der Waals surface area (Å²) < 4.78 is 35.7. The highest BCUT2D eigenvalue weighted by Crippen LogP contribution is 2.34. The van der Waals surface area contributed by atoms with Crippen LogP contribution in [0.4, 0.5) is 5.95 Å². The predicted molar refractivity (Wildman–Crippen MR) is 170 cm³/mol. The fourth-order valence-electron chi connectivity index (χ4n) is 6.03. The van der Waals surface area contributed by atoms with E-state index in [9.17, 15) is 13.2 Å². The molecule has 0 radical (unpaired) electrons. The minimum Gasteiger partial charge on any atom is -0.477 e. The molecule has 1 amide bonds. The Morgan fingerprint density at radius 3 is 2.39 bits per heavy atom. The Morgan fingerprint density at radius 2 is 1.64 bits per heavy atom. The summed E-state index contributed by atoms with van der Waals surface area (Å²) in [5.41, 5.74) is 4.74. The van der Waals surface area contributed by atoms with Crippen LogP contribution in [0.5, 0.6) is 5.88 Å². The number of aryl methyl sites for hydroxylation is 2. The first-order valence-electron chi connectivity index (χ1n) is 15.0. The SMILES string of the molecule is Cc1cccc(C)c1-c1cc2nc(n1)NS(=O)(=O)c1cccc(c1)C(=O)NCC1(CCN(CCc3ccccc3)CC1)CO2. The number of ether oxygens (including phenoxy) is 1. The van der Waals surface area contributed by atoms with E-state index in [1.54, 1.807) is 18.2 Å². The Bertz CT molecular complexity index is 1750. The lowest BCUT2D eigenvalue weighted by Gasteiger charge is -2.41. The molecule has 44 heavy (non-hydrogen) atoms. The average molecular weight is 612 g/mol. The van der Waals surface area contributed by atoms with Crippen molar-refractivity contribution in [3.63, 3.8) is 0 Å². The number of hydrogen-bond acceptors (Lipinski definition) is 7. The van der Waals surface area contributed by atoms with Crippen molar-refractivity contribution in [2.45, 2.75) is 38.0 Å². The van der Waals surface area contributed by atoms with Crippen molar-refractivity contribution in [2.75, 3.05) is 37.5 Å². The number of carbonyl (C=O) groups is 1. The third kappa shape index (κ3) is 6.61. The molecule has 2 aliphatic heterocycles. The van der Waals surface area contributed by atoms with E-state index in [0.717, 1.165) is 55.6 Å². The molecular formula is C34H37N5O4S. The van der Waals surface area contributed by atoms with Crippen LogP contribution in [-0.4, -0.2) is 62.0 Å². The van der Waals surface area contributed by atoms with Gasteiger partial charge in [-0.15, -0.1) is 0 Å². The third-order valence-corrected chi connectivity index (χ3v) is 10.0. The number of amides is 1. The molecule has 3 heterocycles. The number of sulfonamides is 1. The number of aromatic nitrogens is 2. The normalized spacial score (nSPS) is 18.0. The smallest absolute Gasteiger partial charge is 0.264 e. The molecule has 1 spiro atoms. The van der Waals surface area contributed by atoms with Gasteiger partial charge in [0.1, 0.15) is 0 Å². The van der Waals surface area contributed by atoms with E-state index in [0.29, 0.717) is 18.8 Å². The molecule has 4 aromatic rings. The van der Waals surface area contributed by atoms with E-state index < -0.39 is 10.0 Å². The molecule has 1 aromatic heterocycles. The highest BCUT2D eigenvalue weighted by atomic mass is 32.2. The van der Waals surface area contributed by atoms with Crippen LogP contribution in [0.25, 0.3) is 11.3 Å². The summed E-state index contributed by atoms with van der Waals surface area (Å²) in [7, 11) is -4.09. The number of nitrogens with one attached hydrogen (secondary N) is 2. The van der Waals surface area contributed by atoms with Crippen LogP contribution in [0.3, 0.4) is 0 Å². The highest BCUT2D eigenvalue weighted by molar-refractivity contribution is 7.92. The van der Waals surface area contributed by atoms with Gasteiger partial charge in [-0.1, -0.05) is 54.6 Å². The van der Waals surface area contributed by atoms with Gasteiger partial charge in [0.25, 0.3) is 15.9 Å². The van der Waals surface area contributed by atoms with E-state index in [4.69, 9.17) is 4.74 Å². The minimum absolute atomic E-state index is 0.0489. The number of hydrogen-bond donors (Lipinski definition) is 2. The van der Waals surface area contributed by atoms with E-state index in [2.05, 4.69) is 49.2 Å². The van der Waals surface area contributed by atoms with Crippen molar-refractivity contribution in [3.8, 4) is 17.1 Å². The number of benzene rings is 3. The van der Waals surface area contributed by atoms with Crippen LogP contribution in [0, 0.1) is 19.3 Å². The van der Waals surface area contributed by atoms with Crippen molar-refractivity contribution >= 4 is 21.9 Å². The molecule has 2 aliphatic rings. The Kier molecular flexibility index (Phi) is 8.38. The number of fused-ring (bicyclic) bond motifs is 4. The van der Waals surface area contributed by atoms with Gasteiger partial charge in [0.05, 0.1) is 17.2 Å². The Morgan fingerprint density at radius 1 is 0.909 bits per heavy atom. The molecule has 2 N–H and O–H groups in total. The van der Waals surface area contributed by atoms with Crippen molar-refractivity contribution in [2.24, 2.45) is 5.41 Å². The molecule has 0 unspecified atom stereocenters. The number of anilines is 1. The summed E-state index contributed by atoms with van der Waals surface area (Å²) in [6.07, 6.45) is 2.64. The van der Waals surface area contributed by atoms with Gasteiger partial charge in [0, 0.05) is 35.7 Å². The van der Waals surface area contributed by atoms with Crippen LogP contribution in [-0.2, 0) is 16.4 Å². The van der Waals surface area contributed by atoms with Gasteiger partial charge >= 0.3 is 0 Å². The van der Waals surface area contributed by atoms with E-state index in [1.807, 2.05) is 38.1 Å². The van der Waals surface area contributed by atoms with Crippen molar-refractivity contribution in [1.82, 2.24) is 20.2 Å². The molecular weight excluding hydrogens is 574 g/mol.